The molecule has 0 saturated heterocycles. The zero-order valence-corrected chi connectivity index (χ0v) is 16.9. The van der Waals surface area contributed by atoms with Crippen molar-refractivity contribution in [1.82, 2.24) is 0 Å². The quantitative estimate of drug-likeness (QED) is 0.468. The van der Waals surface area contributed by atoms with Gasteiger partial charge in [0.05, 0.1) is 0 Å². The summed E-state index contributed by atoms with van der Waals surface area (Å²) in [6.45, 7) is 4.52. The van der Waals surface area contributed by atoms with Crippen LogP contribution in [0, 0.1) is 13.8 Å². The zero-order chi connectivity index (χ0) is 18.2. The Kier molecular flexibility index (Phi) is 7.35. The SMILES string of the molecule is Cc1cc2cc(c1)CCCCCCc1cc(C)cc(c1)CCCCCC2. The van der Waals surface area contributed by atoms with Crippen LogP contribution in [-0.4, -0.2) is 0 Å². The molecule has 0 fully saturated rings. The zero-order valence-electron chi connectivity index (χ0n) is 16.9. The summed E-state index contributed by atoms with van der Waals surface area (Å²) in [5.74, 6) is 0. The third-order valence-corrected chi connectivity index (χ3v) is 5.76. The van der Waals surface area contributed by atoms with Gasteiger partial charge in [-0.25, -0.2) is 0 Å². The van der Waals surface area contributed by atoms with Crippen molar-refractivity contribution in [1.29, 1.82) is 0 Å². The van der Waals surface area contributed by atoms with Gasteiger partial charge < -0.3 is 0 Å². The molecule has 0 unspecified atom stereocenters. The van der Waals surface area contributed by atoms with Crippen LogP contribution in [-0.2, 0) is 25.7 Å². The summed E-state index contributed by atoms with van der Waals surface area (Å²) in [7, 11) is 0. The summed E-state index contributed by atoms with van der Waals surface area (Å²) < 4.78 is 0. The Morgan fingerprint density at radius 2 is 0.654 bits per heavy atom. The van der Waals surface area contributed by atoms with Crippen molar-refractivity contribution in [2.75, 3.05) is 0 Å². The fourth-order valence-corrected chi connectivity index (χ4v) is 4.50. The van der Waals surface area contributed by atoms with Crippen LogP contribution in [0.5, 0.6) is 0 Å². The second-order valence-electron chi connectivity index (χ2n) is 8.48. The van der Waals surface area contributed by atoms with Gasteiger partial charge in [0.15, 0.2) is 0 Å². The monoisotopic (exact) mass is 348 g/mol. The highest BCUT2D eigenvalue weighted by atomic mass is 14.1. The highest BCUT2D eigenvalue weighted by Gasteiger charge is 2.03. The molecule has 0 spiro atoms. The summed E-state index contributed by atoms with van der Waals surface area (Å²) in [5.41, 5.74) is 9.13. The molecule has 0 nitrogen and oxygen atoms in total. The van der Waals surface area contributed by atoms with E-state index in [1.54, 1.807) is 22.3 Å². The van der Waals surface area contributed by atoms with E-state index in [9.17, 15) is 0 Å². The van der Waals surface area contributed by atoms with Crippen LogP contribution in [0.15, 0.2) is 36.4 Å². The summed E-state index contributed by atoms with van der Waals surface area (Å²) >= 11 is 0. The van der Waals surface area contributed by atoms with Gasteiger partial charge in [-0.05, 0) is 87.5 Å². The standard InChI is InChI=1S/C26H36/c1-21-15-23-11-7-3-5-9-13-25-17-22(2)18-26(20-25)14-10-6-4-8-12-24(16-21)19-23/h15-20H,3-14H2,1-2H3. The number of benzene rings is 2. The van der Waals surface area contributed by atoms with Crippen LogP contribution in [0.4, 0.5) is 0 Å². The van der Waals surface area contributed by atoms with Crippen molar-refractivity contribution >= 4 is 0 Å². The molecule has 0 N–H and O–H groups in total. The lowest BCUT2D eigenvalue weighted by atomic mass is 9.95. The van der Waals surface area contributed by atoms with Gasteiger partial charge in [-0.1, -0.05) is 73.2 Å². The van der Waals surface area contributed by atoms with E-state index >= 15 is 0 Å². The van der Waals surface area contributed by atoms with Crippen LogP contribution in [0.3, 0.4) is 0 Å². The minimum atomic E-state index is 1.25. The van der Waals surface area contributed by atoms with Crippen LogP contribution in [0.2, 0.25) is 0 Å². The third-order valence-electron chi connectivity index (χ3n) is 5.76. The first-order chi connectivity index (χ1) is 12.7. The molecule has 0 heteroatoms. The number of hydrogen-bond donors (Lipinski definition) is 0. The molecule has 0 radical (unpaired) electrons. The lowest BCUT2D eigenvalue weighted by molar-refractivity contribution is 0.631. The molecule has 0 aliphatic heterocycles. The van der Waals surface area contributed by atoms with Gasteiger partial charge in [-0.15, -0.1) is 0 Å². The molecule has 0 saturated carbocycles. The Hall–Kier alpha value is -1.56. The Bertz CT molecular complexity index is 581. The van der Waals surface area contributed by atoms with E-state index < -0.39 is 0 Å². The summed E-state index contributed by atoms with van der Waals surface area (Å²) in [5, 5.41) is 0. The maximum absolute atomic E-state index is 2.48. The molecule has 3 rings (SSSR count). The predicted molar refractivity (Wildman–Crippen MR) is 114 cm³/mol. The van der Waals surface area contributed by atoms with Crippen molar-refractivity contribution in [2.45, 2.75) is 90.9 Å². The van der Waals surface area contributed by atoms with Gasteiger partial charge in [0, 0.05) is 0 Å². The summed E-state index contributed by atoms with van der Waals surface area (Å²) in [6.07, 6.45) is 15.8. The lowest BCUT2D eigenvalue weighted by Crippen LogP contribution is -1.95. The smallest absolute Gasteiger partial charge is 0.0279 e. The Balaban J connectivity index is 1.63. The number of fused-ring (bicyclic) bond motifs is 4. The molecular formula is C26H36. The van der Waals surface area contributed by atoms with Gasteiger partial charge in [0.2, 0.25) is 0 Å². The normalized spacial score (nSPS) is 17.3. The molecule has 2 aromatic rings. The van der Waals surface area contributed by atoms with Crippen molar-refractivity contribution in [3.05, 3.63) is 69.8 Å². The van der Waals surface area contributed by atoms with E-state index in [4.69, 9.17) is 0 Å². The second-order valence-corrected chi connectivity index (χ2v) is 8.48. The highest BCUT2D eigenvalue weighted by molar-refractivity contribution is 5.30. The van der Waals surface area contributed by atoms with Crippen molar-refractivity contribution in [3.63, 3.8) is 0 Å². The third kappa shape index (κ3) is 6.31. The largest absolute Gasteiger partial charge is 0.0561 e. The molecule has 0 heterocycles. The van der Waals surface area contributed by atoms with E-state index in [2.05, 4.69) is 50.2 Å². The van der Waals surface area contributed by atoms with Crippen LogP contribution in [0.25, 0.3) is 0 Å². The van der Waals surface area contributed by atoms with Gasteiger partial charge in [0.1, 0.15) is 0 Å². The molecule has 4 bridgehead atoms. The van der Waals surface area contributed by atoms with E-state index in [-0.39, 0.29) is 0 Å². The average Bonchev–Trinajstić information content (AvgIpc) is 2.59. The van der Waals surface area contributed by atoms with Crippen LogP contribution >= 0.6 is 0 Å². The second kappa shape index (κ2) is 9.95. The molecule has 26 heavy (non-hydrogen) atoms. The van der Waals surface area contributed by atoms with Gasteiger partial charge in [-0.3, -0.25) is 0 Å². The van der Waals surface area contributed by atoms with Crippen molar-refractivity contribution in [2.24, 2.45) is 0 Å². The van der Waals surface area contributed by atoms with Crippen LogP contribution < -0.4 is 0 Å². The molecule has 0 aromatic heterocycles. The van der Waals surface area contributed by atoms with Crippen LogP contribution in [0.1, 0.15) is 84.7 Å². The molecule has 1 aliphatic rings. The van der Waals surface area contributed by atoms with Gasteiger partial charge >= 0.3 is 0 Å². The molecule has 140 valence electrons. The van der Waals surface area contributed by atoms with E-state index in [0.717, 1.165) is 0 Å². The fourth-order valence-electron chi connectivity index (χ4n) is 4.50. The minimum absolute atomic E-state index is 1.25. The van der Waals surface area contributed by atoms with E-state index in [1.807, 2.05) is 0 Å². The highest BCUT2D eigenvalue weighted by Crippen LogP contribution is 2.19. The minimum Gasteiger partial charge on any atom is -0.0561 e. The van der Waals surface area contributed by atoms with Crippen molar-refractivity contribution < 1.29 is 0 Å². The maximum Gasteiger partial charge on any atom is -0.0279 e. The molecule has 0 amide bonds. The first-order valence-electron chi connectivity index (χ1n) is 10.9. The summed E-state index contributed by atoms with van der Waals surface area (Å²) in [4.78, 5) is 0. The van der Waals surface area contributed by atoms with E-state index in [0.29, 0.717) is 0 Å². The maximum atomic E-state index is 2.48. The Morgan fingerprint density at radius 3 is 0.923 bits per heavy atom. The van der Waals surface area contributed by atoms with Gasteiger partial charge in [0.25, 0.3) is 0 Å². The lowest BCUT2D eigenvalue weighted by Gasteiger charge is -2.10. The molecule has 2 aromatic carbocycles. The number of aryl methyl sites for hydroxylation is 6. The predicted octanol–water partition coefficient (Wildman–Crippen LogP) is 7.31. The Morgan fingerprint density at radius 1 is 0.385 bits per heavy atom. The first-order valence-corrected chi connectivity index (χ1v) is 10.9. The Labute approximate surface area is 161 Å². The first kappa shape index (κ1) is 19.2. The van der Waals surface area contributed by atoms with Crippen molar-refractivity contribution in [3.8, 4) is 0 Å². The summed E-state index contributed by atoms with van der Waals surface area (Å²) in [6, 6.07) is 14.5. The fraction of sp³-hybridized carbons (Fsp3) is 0.538. The molecule has 1 aliphatic carbocycles. The number of rotatable bonds is 0. The van der Waals surface area contributed by atoms with Gasteiger partial charge in [-0.2, -0.15) is 0 Å². The average molecular weight is 349 g/mol. The number of hydrogen-bond acceptors (Lipinski definition) is 0. The molecular weight excluding hydrogens is 312 g/mol. The topological polar surface area (TPSA) is 0 Å². The van der Waals surface area contributed by atoms with E-state index in [1.165, 1.54) is 88.2 Å². The molecule has 0 atom stereocenters.